The van der Waals surface area contributed by atoms with Crippen molar-refractivity contribution >= 4 is 6.03 Å². The summed E-state index contributed by atoms with van der Waals surface area (Å²) in [5.41, 5.74) is 0.772. The highest BCUT2D eigenvalue weighted by Gasteiger charge is 2.40. The van der Waals surface area contributed by atoms with Crippen molar-refractivity contribution in [1.82, 2.24) is 10.2 Å². The standard InChI is InChI=1S/C17H21F3N2O4/c18-17(19,20)12-24-14-3-1-13(2-4-14)11-21-15(23)22-7-5-16(6-8-22)25-9-10-26-16/h1-4H,5-12H2,(H,21,23). The van der Waals surface area contributed by atoms with Crippen LogP contribution < -0.4 is 10.1 Å². The largest absolute Gasteiger partial charge is 0.484 e. The lowest BCUT2D eigenvalue weighted by molar-refractivity contribution is -0.181. The molecule has 0 radical (unpaired) electrons. The van der Waals surface area contributed by atoms with Crippen LogP contribution in [0.15, 0.2) is 24.3 Å². The number of halogens is 3. The van der Waals surface area contributed by atoms with Crippen molar-refractivity contribution in [2.75, 3.05) is 32.9 Å². The number of piperidine rings is 1. The molecule has 0 aromatic heterocycles. The van der Waals surface area contributed by atoms with Gasteiger partial charge in [0.1, 0.15) is 5.75 Å². The number of nitrogens with zero attached hydrogens (tertiary/aromatic N) is 1. The van der Waals surface area contributed by atoms with Gasteiger partial charge in [0, 0.05) is 32.5 Å². The van der Waals surface area contributed by atoms with Crippen molar-refractivity contribution in [2.24, 2.45) is 0 Å². The van der Waals surface area contributed by atoms with Crippen LogP contribution in [0.25, 0.3) is 0 Å². The molecule has 0 aliphatic carbocycles. The Morgan fingerprint density at radius 2 is 1.77 bits per heavy atom. The van der Waals surface area contributed by atoms with Crippen molar-refractivity contribution in [3.05, 3.63) is 29.8 Å². The summed E-state index contributed by atoms with van der Waals surface area (Å²) in [7, 11) is 0. The fourth-order valence-corrected chi connectivity index (χ4v) is 2.99. The van der Waals surface area contributed by atoms with E-state index in [1.807, 2.05) is 0 Å². The van der Waals surface area contributed by atoms with Crippen LogP contribution in [0.1, 0.15) is 18.4 Å². The van der Waals surface area contributed by atoms with Gasteiger partial charge >= 0.3 is 12.2 Å². The first kappa shape index (κ1) is 18.8. The molecule has 2 fully saturated rings. The second kappa shape index (κ2) is 7.71. The van der Waals surface area contributed by atoms with Crippen LogP contribution in [0.3, 0.4) is 0 Å². The average Bonchev–Trinajstić information content (AvgIpc) is 3.07. The number of benzene rings is 1. The third-order valence-electron chi connectivity index (χ3n) is 4.40. The van der Waals surface area contributed by atoms with Crippen molar-refractivity contribution in [3.8, 4) is 5.75 Å². The van der Waals surface area contributed by atoms with Gasteiger partial charge in [-0.15, -0.1) is 0 Å². The molecule has 144 valence electrons. The summed E-state index contributed by atoms with van der Waals surface area (Å²) in [6, 6.07) is 5.96. The summed E-state index contributed by atoms with van der Waals surface area (Å²) in [4.78, 5) is 13.9. The molecular formula is C17H21F3N2O4. The molecule has 1 aromatic carbocycles. The Bertz CT molecular complexity index is 605. The number of alkyl halides is 3. The molecule has 2 amide bonds. The summed E-state index contributed by atoms with van der Waals surface area (Å²) in [6.07, 6.45) is -3.08. The van der Waals surface area contributed by atoms with E-state index in [4.69, 9.17) is 9.47 Å². The van der Waals surface area contributed by atoms with Crippen LogP contribution >= 0.6 is 0 Å². The van der Waals surface area contributed by atoms with Gasteiger partial charge in [-0.25, -0.2) is 4.79 Å². The van der Waals surface area contributed by atoms with E-state index < -0.39 is 18.6 Å². The molecule has 2 heterocycles. The summed E-state index contributed by atoms with van der Waals surface area (Å²) < 4.78 is 52.2. The van der Waals surface area contributed by atoms with E-state index >= 15 is 0 Å². The van der Waals surface area contributed by atoms with Crippen LogP contribution in [0.5, 0.6) is 5.75 Å². The number of urea groups is 1. The minimum Gasteiger partial charge on any atom is -0.484 e. The van der Waals surface area contributed by atoms with Gasteiger partial charge in [0.2, 0.25) is 0 Å². The summed E-state index contributed by atoms with van der Waals surface area (Å²) in [6.45, 7) is 1.25. The first-order chi connectivity index (χ1) is 12.4. The second-order valence-corrected chi connectivity index (χ2v) is 6.30. The van der Waals surface area contributed by atoms with Crippen LogP contribution in [0, 0.1) is 0 Å². The van der Waals surface area contributed by atoms with E-state index in [1.165, 1.54) is 12.1 Å². The van der Waals surface area contributed by atoms with E-state index in [0.717, 1.165) is 5.56 Å². The van der Waals surface area contributed by atoms with Crippen molar-refractivity contribution in [3.63, 3.8) is 0 Å². The molecular weight excluding hydrogens is 353 g/mol. The first-order valence-corrected chi connectivity index (χ1v) is 8.44. The lowest BCUT2D eigenvalue weighted by atomic mass is 10.0. The smallest absolute Gasteiger partial charge is 0.422 e. The van der Waals surface area contributed by atoms with Crippen molar-refractivity contribution in [2.45, 2.75) is 31.3 Å². The summed E-state index contributed by atoms with van der Waals surface area (Å²) in [5.74, 6) is -0.390. The van der Waals surface area contributed by atoms with Gasteiger partial charge in [0.05, 0.1) is 13.2 Å². The first-order valence-electron chi connectivity index (χ1n) is 8.44. The number of likely N-dealkylation sites (tertiary alicyclic amines) is 1. The van der Waals surface area contributed by atoms with Crippen LogP contribution in [-0.4, -0.2) is 55.8 Å². The predicted molar refractivity (Wildman–Crippen MR) is 85.7 cm³/mol. The molecule has 0 bridgehead atoms. The Morgan fingerprint density at radius 3 is 2.35 bits per heavy atom. The van der Waals surface area contributed by atoms with Crippen molar-refractivity contribution < 1.29 is 32.2 Å². The minimum atomic E-state index is -4.37. The highest BCUT2D eigenvalue weighted by Crippen LogP contribution is 2.31. The third kappa shape index (κ3) is 5.01. The lowest BCUT2D eigenvalue weighted by Gasteiger charge is -2.37. The molecule has 3 rings (SSSR count). The van der Waals surface area contributed by atoms with Gasteiger partial charge in [0.15, 0.2) is 12.4 Å². The molecule has 1 aromatic rings. The fourth-order valence-electron chi connectivity index (χ4n) is 2.99. The molecule has 2 aliphatic rings. The number of rotatable bonds is 4. The third-order valence-corrected chi connectivity index (χ3v) is 4.40. The van der Waals surface area contributed by atoms with Gasteiger partial charge in [0.25, 0.3) is 0 Å². The van der Waals surface area contributed by atoms with E-state index in [2.05, 4.69) is 10.1 Å². The normalized spacial score (nSPS) is 19.6. The minimum absolute atomic E-state index is 0.135. The zero-order valence-electron chi connectivity index (χ0n) is 14.2. The molecule has 2 saturated heterocycles. The topological polar surface area (TPSA) is 60.0 Å². The highest BCUT2D eigenvalue weighted by atomic mass is 19.4. The van der Waals surface area contributed by atoms with Crippen LogP contribution in [0.2, 0.25) is 0 Å². The summed E-state index contributed by atoms with van der Waals surface area (Å²) >= 11 is 0. The zero-order valence-corrected chi connectivity index (χ0v) is 14.2. The number of nitrogens with one attached hydrogen (secondary N) is 1. The Hall–Kier alpha value is -2.00. The SMILES string of the molecule is O=C(NCc1ccc(OCC(F)(F)F)cc1)N1CCC2(CC1)OCCO2. The number of hydrogen-bond donors (Lipinski definition) is 1. The van der Waals surface area contributed by atoms with E-state index in [9.17, 15) is 18.0 Å². The maximum absolute atomic E-state index is 12.2. The molecule has 9 heteroatoms. The van der Waals surface area contributed by atoms with Crippen LogP contribution in [-0.2, 0) is 16.0 Å². The van der Waals surface area contributed by atoms with Crippen molar-refractivity contribution in [1.29, 1.82) is 0 Å². The Balaban J connectivity index is 1.42. The maximum atomic E-state index is 12.2. The number of carbonyl (C=O) groups excluding carboxylic acids is 1. The fraction of sp³-hybridized carbons (Fsp3) is 0.588. The number of carbonyl (C=O) groups is 1. The van der Waals surface area contributed by atoms with Gasteiger partial charge in [-0.3, -0.25) is 0 Å². The quantitative estimate of drug-likeness (QED) is 0.880. The highest BCUT2D eigenvalue weighted by molar-refractivity contribution is 5.74. The van der Waals surface area contributed by atoms with Gasteiger partial charge in [-0.2, -0.15) is 13.2 Å². The van der Waals surface area contributed by atoms with Gasteiger partial charge < -0.3 is 24.4 Å². The molecule has 2 aliphatic heterocycles. The molecule has 0 saturated carbocycles. The lowest BCUT2D eigenvalue weighted by Crippen LogP contribution is -2.50. The number of ether oxygens (including phenoxy) is 3. The van der Waals surface area contributed by atoms with E-state index in [1.54, 1.807) is 17.0 Å². The van der Waals surface area contributed by atoms with Crippen LogP contribution in [0.4, 0.5) is 18.0 Å². The maximum Gasteiger partial charge on any atom is 0.422 e. The Morgan fingerprint density at radius 1 is 1.15 bits per heavy atom. The predicted octanol–water partition coefficient (Wildman–Crippen LogP) is 2.68. The Labute approximate surface area is 149 Å². The Kier molecular flexibility index (Phi) is 5.57. The number of amides is 2. The van der Waals surface area contributed by atoms with Gasteiger partial charge in [-0.1, -0.05) is 12.1 Å². The molecule has 1 spiro atoms. The molecule has 6 nitrogen and oxygen atoms in total. The van der Waals surface area contributed by atoms with Gasteiger partial charge in [-0.05, 0) is 17.7 Å². The summed E-state index contributed by atoms with van der Waals surface area (Å²) in [5, 5.41) is 2.81. The average molecular weight is 374 g/mol. The second-order valence-electron chi connectivity index (χ2n) is 6.30. The number of hydrogen-bond acceptors (Lipinski definition) is 4. The monoisotopic (exact) mass is 374 g/mol. The molecule has 1 N–H and O–H groups in total. The molecule has 0 unspecified atom stereocenters. The molecule has 26 heavy (non-hydrogen) atoms. The molecule has 0 atom stereocenters. The zero-order chi connectivity index (χ0) is 18.6. The van der Waals surface area contributed by atoms with E-state index in [-0.39, 0.29) is 18.3 Å². The van der Waals surface area contributed by atoms with E-state index in [0.29, 0.717) is 39.1 Å².